The number of furan rings is 1. The Hall–Kier alpha value is -2.47. The summed E-state index contributed by atoms with van der Waals surface area (Å²) in [6.07, 6.45) is 3.40. The van der Waals surface area contributed by atoms with Gasteiger partial charge in [0.15, 0.2) is 10.8 Å². The van der Waals surface area contributed by atoms with Gasteiger partial charge in [0.2, 0.25) is 0 Å². The van der Waals surface area contributed by atoms with E-state index in [-0.39, 0.29) is 17.8 Å². The number of rotatable bonds is 3. The van der Waals surface area contributed by atoms with Crippen LogP contribution in [0.4, 0.5) is 4.39 Å². The van der Waals surface area contributed by atoms with E-state index in [1.165, 1.54) is 23.5 Å². The van der Waals surface area contributed by atoms with E-state index in [2.05, 4.69) is 4.98 Å². The lowest BCUT2D eigenvalue weighted by atomic mass is 10.0. The Morgan fingerprint density at radius 2 is 2.12 bits per heavy atom. The lowest BCUT2D eigenvalue weighted by molar-refractivity contribution is 0.0730. The van der Waals surface area contributed by atoms with E-state index in [4.69, 9.17) is 4.42 Å². The number of nitrogens with zero attached hydrogens (tertiary/aromatic N) is 2. The summed E-state index contributed by atoms with van der Waals surface area (Å²) in [5.41, 5.74) is 1.39. The molecule has 0 aliphatic carbocycles. The molecule has 0 spiro atoms. The van der Waals surface area contributed by atoms with Gasteiger partial charge in [0.1, 0.15) is 11.5 Å². The molecule has 0 saturated carbocycles. The summed E-state index contributed by atoms with van der Waals surface area (Å²) < 4.78 is 18.5. The van der Waals surface area contributed by atoms with Crippen molar-refractivity contribution in [2.75, 3.05) is 6.54 Å². The second-order valence-electron chi connectivity index (χ2n) is 5.72. The first kappa shape index (κ1) is 15.1. The Kier molecular flexibility index (Phi) is 3.90. The van der Waals surface area contributed by atoms with Crippen molar-refractivity contribution in [1.82, 2.24) is 9.88 Å². The molecule has 4 rings (SSSR count). The Bertz CT molecular complexity index is 842. The molecule has 6 heteroatoms. The molecule has 3 aromatic rings. The van der Waals surface area contributed by atoms with Crippen LogP contribution in [0.2, 0.25) is 0 Å². The number of carbonyl (C=O) groups is 1. The van der Waals surface area contributed by atoms with Crippen LogP contribution in [-0.4, -0.2) is 22.3 Å². The minimum Gasteiger partial charge on any atom is -0.462 e. The highest BCUT2D eigenvalue weighted by Gasteiger charge is 2.31. The molecule has 1 fully saturated rings. The lowest BCUT2D eigenvalue weighted by Gasteiger charge is -2.24. The van der Waals surface area contributed by atoms with E-state index in [1.807, 2.05) is 11.0 Å². The maximum Gasteiger partial charge on any atom is 0.273 e. The van der Waals surface area contributed by atoms with Gasteiger partial charge in [-0.3, -0.25) is 4.79 Å². The fraction of sp³-hybridized carbons (Fsp3) is 0.222. The van der Waals surface area contributed by atoms with Gasteiger partial charge in [-0.15, -0.1) is 11.3 Å². The van der Waals surface area contributed by atoms with Crippen LogP contribution in [0.1, 0.15) is 34.9 Å². The van der Waals surface area contributed by atoms with Crippen LogP contribution in [-0.2, 0) is 0 Å². The average Bonchev–Trinajstić information content (AvgIpc) is 3.34. The van der Waals surface area contributed by atoms with Crippen molar-refractivity contribution in [2.45, 2.75) is 18.9 Å². The highest BCUT2D eigenvalue weighted by molar-refractivity contribution is 7.13. The molecule has 1 saturated heterocycles. The number of aromatic nitrogens is 1. The third-order valence-electron chi connectivity index (χ3n) is 4.22. The van der Waals surface area contributed by atoms with Crippen LogP contribution >= 0.6 is 11.3 Å². The fourth-order valence-electron chi connectivity index (χ4n) is 3.07. The molecule has 4 nitrogen and oxygen atoms in total. The molecular formula is C18H15FN2O2S. The highest BCUT2D eigenvalue weighted by Crippen LogP contribution is 2.34. The van der Waals surface area contributed by atoms with Crippen molar-refractivity contribution in [1.29, 1.82) is 0 Å². The van der Waals surface area contributed by atoms with Gasteiger partial charge < -0.3 is 9.32 Å². The fourth-order valence-corrected chi connectivity index (χ4v) is 3.83. The van der Waals surface area contributed by atoms with Gasteiger partial charge in [-0.05, 0) is 42.7 Å². The topological polar surface area (TPSA) is 46.3 Å². The predicted octanol–water partition coefficient (Wildman–Crippen LogP) is 4.52. The number of hydrogen-bond donors (Lipinski definition) is 0. The Balaban J connectivity index is 1.58. The Labute approximate surface area is 142 Å². The van der Waals surface area contributed by atoms with Crippen molar-refractivity contribution in [3.63, 3.8) is 0 Å². The summed E-state index contributed by atoms with van der Waals surface area (Å²) in [4.78, 5) is 19.1. The zero-order valence-corrected chi connectivity index (χ0v) is 13.6. The van der Waals surface area contributed by atoms with Gasteiger partial charge in [-0.1, -0.05) is 12.1 Å². The second kappa shape index (κ2) is 6.20. The van der Waals surface area contributed by atoms with Gasteiger partial charge in [0.05, 0.1) is 12.3 Å². The number of amides is 1. The molecule has 122 valence electrons. The van der Waals surface area contributed by atoms with Crippen LogP contribution in [0.3, 0.4) is 0 Å². The third kappa shape index (κ3) is 2.73. The summed E-state index contributed by atoms with van der Waals surface area (Å²) >= 11 is 1.39. The average molecular weight is 342 g/mol. The van der Waals surface area contributed by atoms with Crippen molar-refractivity contribution < 1.29 is 13.6 Å². The van der Waals surface area contributed by atoms with Crippen LogP contribution in [0.25, 0.3) is 10.8 Å². The van der Waals surface area contributed by atoms with Gasteiger partial charge in [0.25, 0.3) is 5.91 Å². The maximum atomic E-state index is 13.1. The first-order valence-electron chi connectivity index (χ1n) is 7.78. The summed E-state index contributed by atoms with van der Waals surface area (Å²) in [5.74, 6) is 0.309. The third-order valence-corrected chi connectivity index (χ3v) is 5.08. The second-order valence-corrected chi connectivity index (χ2v) is 6.58. The van der Waals surface area contributed by atoms with Gasteiger partial charge >= 0.3 is 0 Å². The van der Waals surface area contributed by atoms with Crippen LogP contribution in [0.5, 0.6) is 0 Å². The largest absolute Gasteiger partial charge is 0.462 e. The van der Waals surface area contributed by atoms with Crippen molar-refractivity contribution in [3.05, 3.63) is 65.1 Å². The van der Waals surface area contributed by atoms with Crippen LogP contribution in [0.15, 0.2) is 52.5 Å². The zero-order chi connectivity index (χ0) is 16.5. The number of carbonyl (C=O) groups excluding carboxylic acids is 1. The number of hydrogen-bond acceptors (Lipinski definition) is 4. The number of benzene rings is 1. The van der Waals surface area contributed by atoms with Crippen LogP contribution in [0, 0.1) is 5.82 Å². The SMILES string of the molecule is O=C(c1csc(-c2ccco2)n1)N1CCCC1c1ccc(F)cc1. The molecule has 3 heterocycles. The molecule has 1 aliphatic rings. The predicted molar refractivity (Wildman–Crippen MR) is 89.2 cm³/mol. The van der Waals surface area contributed by atoms with Crippen molar-refractivity contribution >= 4 is 17.2 Å². The van der Waals surface area contributed by atoms with E-state index < -0.39 is 0 Å². The standard InChI is InChI=1S/C18H15FN2O2S/c19-13-7-5-12(6-8-13)15-3-1-9-21(15)18(22)14-11-24-17(20-14)16-4-2-10-23-16/h2,4-8,10-11,15H,1,3,9H2. The lowest BCUT2D eigenvalue weighted by Crippen LogP contribution is -2.30. The zero-order valence-electron chi connectivity index (χ0n) is 12.8. The van der Waals surface area contributed by atoms with E-state index in [1.54, 1.807) is 29.8 Å². The van der Waals surface area contributed by atoms with E-state index in [0.29, 0.717) is 23.0 Å². The molecule has 0 bridgehead atoms. The van der Waals surface area contributed by atoms with Gasteiger partial charge in [-0.2, -0.15) is 0 Å². The number of thiazole rings is 1. The molecule has 1 aromatic carbocycles. The van der Waals surface area contributed by atoms with Gasteiger partial charge in [-0.25, -0.2) is 9.37 Å². The van der Waals surface area contributed by atoms with E-state index in [0.717, 1.165) is 18.4 Å². The number of likely N-dealkylation sites (tertiary alicyclic amines) is 1. The normalized spacial score (nSPS) is 17.4. The van der Waals surface area contributed by atoms with Crippen molar-refractivity contribution in [3.8, 4) is 10.8 Å². The minimum absolute atomic E-state index is 0.0214. The smallest absolute Gasteiger partial charge is 0.273 e. The first-order chi connectivity index (χ1) is 11.7. The summed E-state index contributed by atoms with van der Waals surface area (Å²) in [6.45, 7) is 0.689. The Morgan fingerprint density at radius 3 is 2.88 bits per heavy atom. The highest BCUT2D eigenvalue weighted by atomic mass is 32.1. The minimum atomic E-state index is -0.266. The molecule has 1 atom stereocenters. The first-order valence-corrected chi connectivity index (χ1v) is 8.66. The van der Waals surface area contributed by atoms with Gasteiger partial charge in [0, 0.05) is 11.9 Å². The molecule has 2 aromatic heterocycles. The molecule has 0 N–H and O–H groups in total. The monoisotopic (exact) mass is 342 g/mol. The van der Waals surface area contributed by atoms with Crippen molar-refractivity contribution in [2.24, 2.45) is 0 Å². The summed E-state index contributed by atoms with van der Waals surface area (Å²) in [7, 11) is 0. The molecule has 1 aliphatic heterocycles. The molecular weight excluding hydrogens is 327 g/mol. The molecule has 24 heavy (non-hydrogen) atoms. The maximum absolute atomic E-state index is 13.1. The summed E-state index contributed by atoms with van der Waals surface area (Å²) in [5, 5.41) is 2.46. The molecule has 1 unspecified atom stereocenters. The quantitative estimate of drug-likeness (QED) is 0.703. The van der Waals surface area contributed by atoms with Crippen LogP contribution < -0.4 is 0 Å². The summed E-state index contributed by atoms with van der Waals surface area (Å²) in [6, 6.07) is 9.98. The van der Waals surface area contributed by atoms with E-state index in [9.17, 15) is 9.18 Å². The molecule has 0 radical (unpaired) electrons. The Morgan fingerprint density at radius 1 is 1.29 bits per heavy atom. The molecule has 1 amide bonds. The van der Waals surface area contributed by atoms with E-state index >= 15 is 0 Å². The number of halogens is 1.